The first-order valence-electron chi connectivity index (χ1n) is 9.48. The van der Waals surface area contributed by atoms with E-state index in [2.05, 4.69) is 24.9 Å². The normalized spacial score (nSPS) is 12.8. The van der Waals surface area contributed by atoms with Crippen LogP contribution in [0.4, 0.5) is 13.2 Å². The van der Waals surface area contributed by atoms with Crippen molar-refractivity contribution in [1.82, 2.24) is 15.2 Å². The lowest BCUT2D eigenvalue weighted by Gasteiger charge is -2.15. The number of guanidine groups is 1. The van der Waals surface area contributed by atoms with E-state index in [1.165, 1.54) is 12.1 Å². The van der Waals surface area contributed by atoms with Crippen molar-refractivity contribution in [2.45, 2.75) is 26.3 Å². The Morgan fingerprint density at radius 3 is 2.40 bits per heavy atom. The first-order chi connectivity index (χ1) is 13.9. The summed E-state index contributed by atoms with van der Waals surface area (Å²) in [6.45, 7) is 4.48. The predicted octanol–water partition coefficient (Wildman–Crippen LogP) is 3.41. The van der Waals surface area contributed by atoms with Gasteiger partial charge in [-0.2, -0.15) is 0 Å². The van der Waals surface area contributed by atoms with Crippen LogP contribution in [0.5, 0.6) is 5.75 Å². The van der Waals surface area contributed by atoms with Gasteiger partial charge in [-0.25, -0.2) is 0 Å². The number of ether oxygens (including phenoxy) is 1. The number of halogens is 4. The Balaban J connectivity index is 0.00000450. The first-order valence-corrected chi connectivity index (χ1v) is 9.48. The van der Waals surface area contributed by atoms with Crippen molar-refractivity contribution in [2.75, 3.05) is 26.2 Å². The molecule has 0 amide bonds. The van der Waals surface area contributed by atoms with Crippen molar-refractivity contribution in [3.63, 3.8) is 0 Å². The topological polar surface area (TPSA) is 70.8 Å². The third kappa shape index (κ3) is 10.2. The van der Waals surface area contributed by atoms with Crippen LogP contribution in [0.3, 0.4) is 0 Å². The minimum absolute atomic E-state index is 0. The number of hydrogen-bond donors (Lipinski definition) is 3. The van der Waals surface area contributed by atoms with Gasteiger partial charge in [0.1, 0.15) is 5.75 Å². The Morgan fingerprint density at radius 2 is 1.83 bits per heavy atom. The third-order valence-corrected chi connectivity index (χ3v) is 4.12. The average Bonchev–Trinajstić information content (AvgIpc) is 3.18. The van der Waals surface area contributed by atoms with Gasteiger partial charge in [-0.05, 0) is 43.2 Å². The molecule has 1 aromatic carbocycles. The summed E-state index contributed by atoms with van der Waals surface area (Å²) in [5.74, 6) is 0.248. The quantitative estimate of drug-likeness (QED) is 0.246. The molecular weight excluding hydrogens is 512 g/mol. The third-order valence-electron chi connectivity index (χ3n) is 4.12. The minimum Gasteiger partial charge on any atom is -0.406 e. The predicted molar refractivity (Wildman–Crippen MR) is 121 cm³/mol. The maximum Gasteiger partial charge on any atom is 0.573 e. The molecule has 3 N–H and O–H groups in total. The number of aliphatic hydroxyl groups is 1. The van der Waals surface area contributed by atoms with Crippen LogP contribution in [0.25, 0.3) is 0 Å². The summed E-state index contributed by atoms with van der Waals surface area (Å²) in [5, 5.41) is 16.1. The Labute approximate surface area is 191 Å². The summed E-state index contributed by atoms with van der Waals surface area (Å²) in [6.07, 6.45) is -0.243. The number of alkyl halides is 3. The van der Waals surface area contributed by atoms with E-state index in [9.17, 15) is 18.3 Å². The highest BCUT2D eigenvalue weighted by Crippen LogP contribution is 2.23. The van der Waals surface area contributed by atoms with E-state index in [0.29, 0.717) is 32.0 Å². The first kappa shape index (κ1) is 26.1. The molecule has 10 heteroatoms. The lowest BCUT2D eigenvalue weighted by molar-refractivity contribution is -0.274. The van der Waals surface area contributed by atoms with Gasteiger partial charge in [0.2, 0.25) is 0 Å². The molecule has 2 rings (SSSR count). The molecule has 168 valence electrons. The summed E-state index contributed by atoms with van der Waals surface area (Å²) in [4.78, 5) is 4.52. The van der Waals surface area contributed by atoms with E-state index in [1.54, 1.807) is 12.1 Å². The van der Waals surface area contributed by atoms with Crippen LogP contribution >= 0.6 is 24.0 Å². The zero-order valence-corrected chi connectivity index (χ0v) is 19.1. The maximum absolute atomic E-state index is 12.2. The molecule has 0 aliphatic heterocycles. The maximum atomic E-state index is 12.2. The minimum atomic E-state index is -4.71. The molecule has 2 aromatic rings. The van der Waals surface area contributed by atoms with Gasteiger partial charge in [-0.1, -0.05) is 12.1 Å². The van der Waals surface area contributed by atoms with Crippen molar-refractivity contribution in [3.8, 4) is 5.75 Å². The highest BCUT2D eigenvalue weighted by atomic mass is 127. The second-order valence-corrected chi connectivity index (χ2v) is 6.51. The molecule has 0 aliphatic carbocycles. The number of hydrogen-bond acceptors (Lipinski definition) is 3. The van der Waals surface area contributed by atoms with Crippen molar-refractivity contribution in [1.29, 1.82) is 0 Å². The molecule has 1 unspecified atom stereocenters. The summed E-state index contributed by atoms with van der Waals surface area (Å²) >= 11 is 0. The summed E-state index contributed by atoms with van der Waals surface area (Å²) < 4.78 is 42.6. The van der Waals surface area contributed by atoms with Crippen LogP contribution in [0.15, 0.2) is 53.8 Å². The van der Waals surface area contributed by atoms with Gasteiger partial charge < -0.3 is 25.0 Å². The van der Waals surface area contributed by atoms with Gasteiger partial charge in [0, 0.05) is 51.1 Å². The van der Waals surface area contributed by atoms with Gasteiger partial charge >= 0.3 is 6.36 Å². The van der Waals surface area contributed by atoms with Crippen molar-refractivity contribution >= 4 is 29.9 Å². The number of nitrogens with zero attached hydrogens (tertiary/aromatic N) is 2. The van der Waals surface area contributed by atoms with Crippen LogP contribution in [-0.2, 0) is 13.0 Å². The Hall–Kier alpha value is -1.95. The van der Waals surface area contributed by atoms with Crippen LogP contribution in [0.2, 0.25) is 0 Å². The molecule has 0 saturated heterocycles. The number of aliphatic imine (C=N–C) groups is 1. The number of aromatic nitrogens is 1. The molecule has 0 spiro atoms. The second-order valence-electron chi connectivity index (χ2n) is 6.51. The number of nitrogens with one attached hydrogen (secondary N) is 2. The highest BCUT2D eigenvalue weighted by Gasteiger charge is 2.30. The molecule has 0 aliphatic rings. The summed E-state index contributed by atoms with van der Waals surface area (Å²) in [7, 11) is 0. The Morgan fingerprint density at radius 1 is 1.17 bits per heavy atom. The van der Waals surface area contributed by atoms with Gasteiger partial charge in [-0.3, -0.25) is 4.99 Å². The molecule has 1 aromatic heterocycles. The van der Waals surface area contributed by atoms with Gasteiger partial charge in [0.25, 0.3) is 0 Å². The van der Waals surface area contributed by atoms with E-state index < -0.39 is 6.36 Å². The van der Waals surface area contributed by atoms with Crippen LogP contribution in [0.1, 0.15) is 12.5 Å². The fraction of sp³-hybridized carbons (Fsp3) is 0.450. The standard InChI is InChI=1S/C20H27F3N4O2.HI/c1-2-24-19(25-9-12-27-10-3-4-11-27)26-14-17(15-28)13-16-5-7-18(8-6-16)29-20(21,22)23;/h3-8,10-11,17,28H,2,9,12-15H2,1H3,(H2,24,25,26);1H. The van der Waals surface area contributed by atoms with Gasteiger partial charge in [0.15, 0.2) is 5.96 Å². The van der Waals surface area contributed by atoms with Crippen molar-refractivity contribution in [3.05, 3.63) is 54.4 Å². The van der Waals surface area contributed by atoms with Gasteiger partial charge in [0.05, 0.1) is 0 Å². The fourth-order valence-electron chi connectivity index (χ4n) is 2.73. The molecule has 30 heavy (non-hydrogen) atoms. The summed E-state index contributed by atoms with van der Waals surface area (Å²) in [5.41, 5.74) is 0.805. The molecule has 1 atom stereocenters. The molecule has 0 saturated carbocycles. The lowest BCUT2D eigenvalue weighted by Crippen LogP contribution is -2.39. The molecule has 0 radical (unpaired) electrons. The Bertz CT molecular complexity index is 738. The average molecular weight is 540 g/mol. The Kier molecular flexibility index (Phi) is 11.6. The van der Waals surface area contributed by atoms with E-state index >= 15 is 0 Å². The zero-order chi connectivity index (χ0) is 21.1. The van der Waals surface area contributed by atoms with E-state index in [4.69, 9.17) is 0 Å². The fourth-order valence-corrected chi connectivity index (χ4v) is 2.73. The smallest absolute Gasteiger partial charge is 0.406 e. The molecule has 0 fully saturated rings. The molecule has 6 nitrogen and oxygen atoms in total. The second kappa shape index (κ2) is 13.4. The molecule has 1 heterocycles. The van der Waals surface area contributed by atoms with E-state index in [-0.39, 0.29) is 42.3 Å². The van der Waals surface area contributed by atoms with Gasteiger partial charge in [-0.15, -0.1) is 37.1 Å². The molecule has 0 bridgehead atoms. The van der Waals surface area contributed by atoms with Crippen molar-refractivity contribution in [2.24, 2.45) is 10.9 Å². The van der Waals surface area contributed by atoms with E-state index in [0.717, 1.165) is 12.1 Å². The number of aliphatic hydroxyl groups excluding tert-OH is 1. The lowest BCUT2D eigenvalue weighted by atomic mass is 10.0. The molecular formula is C20H28F3IN4O2. The monoisotopic (exact) mass is 540 g/mol. The largest absolute Gasteiger partial charge is 0.573 e. The highest BCUT2D eigenvalue weighted by molar-refractivity contribution is 14.0. The SMILES string of the molecule is CCNC(=NCC(CO)Cc1ccc(OC(F)(F)F)cc1)NCCn1cccc1.I. The zero-order valence-electron chi connectivity index (χ0n) is 16.7. The van der Waals surface area contributed by atoms with Crippen LogP contribution in [0, 0.1) is 5.92 Å². The van der Waals surface area contributed by atoms with Crippen LogP contribution in [-0.4, -0.2) is 48.2 Å². The van der Waals surface area contributed by atoms with Crippen molar-refractivity contribution < 1.29 is 23.0 Å². The van der Waals surface area contributed by atoms with E-state index in [1.807, 2.05) is 31.5 Å². The van der Waals surface area contributed by atoms with Crippen LogP contribution < -0.4 is 15.4 Å². The summed E-state index contributed by atoms with van der Waals surface area (Å²) in [6, 6.07) is 9.60. The number of benzene rings is 1. The number of rotatable bonds is 10.